The van der Waals surface area contributed by atoms with Crippen molar-refractivity contribution < 1.29 is 9.53 Å². The monoisotopic (exact) mass is 515 g/mol. The van der Waals surface area contributed by atoms with Gasteiger partial charge in [0.25, 0.3) is 0 Å². The fraction of sp³-hybridized carbons (Fsp3) is 0.375. The Labute approximate surface area is 212 Å². The van der Waals surface area contributed by atoms with Crippen molar-refractivity contribution in [2.75, 3.05) is 24.6 Å². The maximum atomic E-state index is 12.9. The van der Waals surface area contributed by atoms with E-state index in [0.29, 0.717) is 65.2 Å². The van der Waals surface area contributed by atoms with Gasteiger partial charge in [-0.15, -0.1) is 11.3 Å². The van der Waals surface area contributed by atoms with Gasteiger partial charge in [0.05, 0.1) is 45.0 Å². The first-order valence-electron chi connectivity index (χ1n) is 10.9. The van der Waals surface area contributed by atoms with Crippen LogP contribution < -0.4 is 4.90 Å². The first kappa shape index (κ1) is 24.4. The maximum Gasteiger partial charge on any atom is 0.360 e. The van der Waals surface area contributed by atoms with Gasteiger partial charge in [0.15, 0.2) is 11.5 Å². The molecule has 1 fully saturated rings. The summed E-state index contributed by atoms with van der Waals surface area (Å²) in [5.41, 5.74) is 3.15. The van der Waals surface area contributed by atoms with Crippen LogP contribution in [-0.4, -0.2) is 40.6 Å². The zero-order valence-corrected chi connectivity index (χ0v) is 21.2. The first-order valence-corrected chi connectivity index (χ1v) is 12.5. The van der Waals surface area contributed by atoms with Gasteiger partial charge in [-0.1, -0.05) is 35.3 Å². The molecule has 4 rings (SSSR count). The number of piperidine rings is 1. The minimum Gasteiger partial charge on any atom is -0.461 e. The molecule has 2 aromatic heterocycles. The van der Waals surface area contributed by atoms with E-state index >= 15 is 0 Å². The van der Waals surface area contributed by atoms with Crippen molar-refractivity contribution in [1.82, 2.24) is 15.0 Å². The molecule has 0 atom stereocenters. The van der Waals surface area contributed by atoms with Gasteiger partial charge < -0.3 is 9.64 Å². The number of thiazole rings is 1. The van der Waals surface area contributed by atoms with Crippen molar-refractivity contribution in [3.63, 3.8) is 0 Å². The molecule has 1 aliphatic heterocycles. The van der Waals surface area contributed by atoms with E-state index in [4.69, 9.17) is 32.9 Å². The summed E-state index contributed by atoms with van der Waals surface area (Å²) in [4.78, 5) is 29.5. The van der Waals surface area contributed by atoms with Crippen LogP contribution in [0.5, 0.6) is 0 Å². The van der Waals surface area contributed by atoms with Crippen LogP contribution in [0.1, 0.15) is 40.8 Å². The molecule has 7 nitrogen and oxygen atoms in total. The number of ether oxygens (including phenoxy) is 1. The zero-order chi connectivity index (χ0) is 24.3. The Hall–Kier alpha value is -2.73. The number of carbonyl (C=O) groups excluding carboxylic acids is 1. The quantitative estimate of drug-likeness (QED) is 0.386. The number of nitriles is 1. The Morgan fingerprint density at radius 3 is 2.71 bits per heavy atom. The number of anilines is 1. The molecule has 34 heavy (non-hydrogen) atoms. The number of benzene rings is 1. The molecule has 0 N–H and O–H groups in total. The van der Waals surface area contributed by atoms with Crippen LogP contribution in [0.4, 0.5) is 5.82 Å². The number of halogens is 2. The molecule has 1 aromatic carbocycles. The largest absolute Gasteiger partial charge is 0.461 e. The molecule has 3 aromatic rings. The summed E-state index contributed by atoms with van der Waals surface area (Å²) in [5, 5.41) is 10.7. The van der Waals surface area contributed by atoms with Crippen molar-refractivity contribution in [2.45, 2.75) is 33.1 Å². The minimum atomic E-state index is -0.550. The summed E-state index contributed by atoms with van der Waals surface area (Å²) in [6, 6.07) is 7.80. The molecule has 1 aliphatic rings. The van der Waals surface area contributed by atoms with Crippen molar-refractivity contribution in [3.05, 3.63) is 56.2 Å². The van der Waals surface area contributed by atoms with E-state index < -0.39 is 11.4 Å². The predicted molar refractivity (Wildman–Crippen MR) is 133 cm³/mol. The second kappa shape index (κ2) is 10.3. The summed E-state index contributed by atoms with van der Waals surface area (Å²) in [7, 11) is 0. The van der Waals surface area contributed by atoms with Crippen molar-refractivity contribution >= 4 is 46.3 Å². The second-order valence-electron chi connectivity index (χ2n) is 8.18. The van der Waals surface area contributed by atoms with Gasteiger partial charge in [-0.25, -0.2) is 14.8 Å². The lowest BCUT2D eigenvalue weighted by Gasteiger charge is -2.38. The third-order valence-corrected chi connectivity index (χ3v) is 7.58. The van der Waals surface area contributed by atoms with Gasteiger partial charge in [0, 0.05) is 36.1 Å². The number of hydrogen-bond acceptors (Lipinski definition) is 8. The fourth-order valence-corrected chi connectivity index (χ4v) is 5.27. The van der Waals surface area contributed by atoms with Gasteiger partial charge >= 0.3 is 5.97 Å². The Kier molecular flexibility index (Phi) is 7.36. The van der Waals surface area contributed by atoms with Gasteiger partial charge in [-0.2, -0.15) is 5.26 Å². The van der Waals surface area contributed by atoms with Crippen LogP contribution in [0.15, 0.2) is 29.9 Å². The standard InChI is InChI=1S/C24H23Cl2N5O2S/c1-3-33-23(32)21-22(29-15(2)20(30-21)17-5-4-6-18(25)19(17)26)31-9-7-24(13-27,8-10-31)11-16-12-28-14-34-16/h4-6,12,14H,3,7-11H2,1-2H3. The lowest BCUT2D eigenvalue weighted by molar-refractivity contribution is 0.0519. The average Bonchev–Trinajstić information content (AvgIpc) is 3.34. The summed E-state index contributed by atoms with van der Waals surface area (Å²) in [5.74, 6) is -0.0895. The lowest BCUT2D eigenvalue weighted by Crippen LogP contribution is -2.41. The smallest absolute Gasteiger partial charge is 0.360 e. The van der Waals surface area contributed by atoms with Crippen molar-refractivity contribution in [1.29, 1.82) is 5.26 Å². The number of nitrogens with zero attached hydrogens (tertiary/aromatic N) is 5. The number of rotatable bonds is 6. The molecule has 1 saturated heterocycles. The first-order chi connectivity index (χ1) is 16.4. The Morgan fingerprint density at radius 2 is 2.06 bits per heavy atom. The third kappa shape index (κ3) is 4.88. The highest BCUT2D eigenvalue weighted by Gasteiger charge is 2.37. The molecule has 0 bridgehead atoms. The van der Waals surface area contributed by atoms with E-state index in [9.17, 15) is 10.1 Å². The Morgan fingerprint density at radius 1 is 1.29 bits per heavy atom. The second-order valence-corrected chi connectivity index (χ2v) is 9.93. The Bertz CT molecular complexity index is 1230. The molecule has 176 valence electrons. The van der Waals surface area contributed by atoms with Gasteiger partial charge in [0.2, 0.25) is 0 Å². The predicted octanol–water partition coefficient (Wildman–Crippen LogP) is 5.74. The highest BCUT2D eigenvalue weighted by Crippen LogP contribution is 2.39. The molecule has 3 heterocycles. The lowest BCUT2D eigenvalue weighted by atomic mass is 9.76. The molecule has 0 aliphatic carbocycles. The molecule has 0 saturated carbocycles. The fourth-order valence-electron chi connectivity index (χ4n) is 4.14. The van der Waals surface area contributed by atoms with Crippen LogP contribution in [0.2, 0.25) is 10.0 Å². The molecule has 0 spiro atoms. The molecule has 0 radical (unpaired) electrons. The zero-order valence-electron chi connectivity index (χ0n) is 18.8. The summed E-state index contributed by atoms with van der Waals surface area (Å²) in [6.07, 6.45) is 3.78. The van der Waals surface area contributed by atoms with Gasteiger partial charge in [0.1, 0.15) is 0 Å². The van der Waals surface area contributed by atoms with E-state index in [-0.39, 0.29) is 12.3 Å². The summed E-state index contributed by atoms with van der Waals surface area (Å²) < 4.78 is 5.29. The molecular weight excluding hydrogens is 493 g/mol. The van der Waals surface area contributed by atoms with Gasteiger partial charge in [-0.05, 0) is 32.8 Å². The summed E-state index contributed by atoms with van der Waals surface area (Å²) in [6.45, 7) is 4.93. The highest BCUT2D eigenvalue weighted by molar-refractivity contribution is 7.09. The van der Waals surface area contributed by atoms with E-state index in [2.05, 4.69) is 16.0 Å². The Balaban J connectivity index is 1.68. The number of hydrogen-bond donors (Lipinski definition) is 0. The van der Waals surface area contributed by atoms with E-state index in [1.54, 1.807) is 42.0 Å². The van der Waals surface area contributed by atoms with E-state index in [1.807, 2.05) is 18.0 Å². The van der Waals surface area contributed by atoms with Crippen molar-refractivity contribution in [2.24, 2.45) is 5.41 Å². The van der Waals surface area contributed by atoms with Crippen LogP contribution in [-0.2, 0) is 11.2 Å². The number of carbonyl (C=O) groups is 1. The molecular formula is C24H23Cl2N5O2S. The number of aryl methyl sites for hydroxylation is 1. The van der Waals surface area contributed by atoms with Gasteiger partial charge in [-0.3, -0.25) is 4.98 Å². The normalized spacial score (nSPS) is 15.1. The third-order valence-electron chi connectivity index (χ3n) is 5.98. The minimum absolute atomic E-state index is 0.130. The molecule has 0 amide bonds. The van der Waals surface area contributed by atoms with Crippen LogP contribution in [0, 0.1) is 23.7 Å². The molecule has 0 unspecified atom stereocenters. The highest BCUT2D eigenvalue weighted by atomic mass is 35.5. The molecule has 10 heteroatoms. The van der Waals surface area contributed by atoms with Crippen LogP contribution in [0.25, 0.3) is 11.3 Å². The average molecular weight is 516 g/mol. The SMILES string of the molecule is CCOC(=O)c1nc(-c2cccc(Cl)c2Cl)c(C)nc1N1CCC(C#N)(Cc2cncs2)CC1. The number of aromatic nitrogens is 3. The van der Waals surface area contributed by atoms with Crippen LogP contribution in [0.3, 0.4) is 0 Å². The summed E-state index contributed by atoms with van der Waals surface area (Å²) >= 11 is 14.2. The van der Waals surface area contributed by atoms with E-state index in [1.165, 1.54) is 0 Å². The number of esters is 1. The van der Waals surface area contributed by atoms with Crippen molar-refractivity contribution in [3.8, 4) is 17.3 Å². The van der Waals surface area contributed by atoms with Crippen LogP contribution >= 0.6 is 34.5 Å². The topological polar surface area (TPSA) is 92.0 Å². The van der Waals surface area contributed by atoms with E-state index in [0.717, 1.165) is 4.88 Å². The maximum absolute atomic E-state index is 12.9.